The van der Waals surface area contributed by atoms with Crippen LogP contribution in [0.4, 0.5) is 5.95 Å². The van der Waals surface area contributed by atoms with Crippen molar-refractivity contribution in [3.05, 3.63) is 53.3 Å². The van der Waals surface area contributed by atoms with Gasteiger partial charge in [0.05, 0.1) is 17.4 Å². The molecule has 6 nitrogen and oxygen atoms in total. The summed E-state index contributed by atoms with van der Waals surface area (Å²) in [4.78, 5) is 25.2. The van der Waals surface area contributed by atoms with Crippen LogP contribution < -0.4 is 4.90 Å². The Labute approximate surface area is 160 Å². The van der Waals surface area contributed by atoms with Crippen LogP contribution in [0.15, 0.2) is 36.5 Å². The number of benzene rings is 1. The van der Waals surface area contributed by atoms with Gasteiger partial charge in [-0.15, -0.1) is 0 Å². The minimum Gasteiger partial charge on any atom is -0.392 e. The largest absolute Gasteiger partial charge is 0.392 e. The number of aryl methyl sites for hydroxylation is 1. The van der Waals surface area contributed by atoms with Gasteiger partial charge >= 0.3 is 0 Å². The van der Waals surface area contributed by atoms with Crippen molar-refractivity contribution in [3.8, 4) is 0 Å². The molecule has 0 spiro atoms. The summed E-state index contributed by atoms with van der Waals surface area (Å²) < 4.78 is 0. The fourth-order valence-corrected chi connectivity index (χ4v) is 3.56. The van der Waals surface area contributed by atoms with E-state index in [1.807, 2.05) is 61.2 Å². The summed E-state index contributed by atoms with van der Waals surface area (Å²) in [6.45, 7) is 3.16. The zero-order valence-electron chi connectivity index (χ0n) is 16.3. The highest BCUT2D eigenvalue weighted by atomic mass is 16.3. The zero-order chi connectivity index (χ0) is 19.4. The highest BCUT2D eigenvalue weighted by Gasteiger charge is 2.29. The monoisotopic (exact) mass is 368 g/mol. The molecule has 3 rings (SSSR count). The number of rotatable bonds is 5. The van der Waals surface area contributed by atoms with Crippen molar-refractivity contribution in [2.24, 2.45) is 5.92 Å². The van der Waals surface area contributed by atoms with E-state index >= 15 is 0 Å². The number of piperidine rings is 1. The molecule has 144 valence electrons. The van der Waals surface area contributed by atoms with E-state index in [4.69, 9.17) is 0 Å². The molecule has 1 aromatic heterocycles. The van der Waals surface area contributed by atoms with Gasteiger partial charge in [0.25, 0.3) is 5.91 Å². The number of likely N-dealkylation sites (tertiary alicyclic amines) is 1. The van der Waals surface area contributed by atoms with Gasteiger partial charge in [0.1, 0.15) is 0 Å². The van der Waals surface area contributed by atoms with Gasteiger partial charge in [-0.3, -0.25) is 4.79 Å². The smallest absolute Gasteiger partial charge is 0.257 e. The van der Waals surface area contributed by atoms with Crippen LogP contribution in [0.1, 0.15) is 34.5 Å². The summed E-state index contributed by atoms with van der Waals surface area (Å²) in [7, 11) is 3.75. The third-order valence-electron chi connectivity index (χ3n) is 5.26. The normalized spacial score (nSPS) is 16.2. The van der Waals surface area contributed by atoms with Crippen LogP contribution in [-0.2, 0) is 6.42 Å². The van der Waals surface area contributed by atoms with Gasteiger partial charge in [-0.05, 0) is 37.7 Å². The van der Waals surface area contributed by atoms with Crippen molar-refractivity contribution in [2.75, 3.05) is 32.1 Å². The molecule has 27 heavy (non-hydrogen) atoms. The predicted molar refractivity (Wildman–Crippen MR) is 106 cm³/mol. The van der Waals surface area contributed by atoms with Crippen LogP contribution in [0.3, 0.4) is 0 Å². The molecule has 0 bridgehead atoms. The van der Waals surface area contributed by atoms with Gasteiger partial charge in [0.15, 0.2) is 0 Å². The molecule has 1 N–H and O–H groups in total. The Bertz CT molecular complexity index is 771. The Kier molecular flexibility index (Phi) is 6.06. The minimum atomic E-state index is -0.367. The van der Waals surface area contributed by atoms with E-state index in [0.29, 0.717) is 36.7 Å². The first kappa shape index (κ1) is 19.3. The number of anilines is 1. The first-order valence-electron chi connectivity index (χ1n) is 9.48. The third kappa shape index (κ3) is 4.63. The lowest BCUT2D eigenvalue weighted by Gasteiger charge is -2.34. The fourth-order valence-electron chi connectivity index (χ4n) is 3.56. The molecule has 0 aliphatic carbocycles. The van der Waals surface area contributed by atoms with Crippen molar-refractivity contribution in [2.45, 2.75) is 32.3 Å². The number of aliphatic hydroxyl groups is 1. The number of aromatic nitrogens is 2. The molecule has 0 radical (unpaired) electrons. The molecule has 1 aliphatic heterocycles. The van der Waals surface area contributed by atoms with E-state index in [9.17, 15) is 9.90 Å². The number of aliphatic hydroxyl groups excluding tert-OH is 1. The molecule has 2 aromatic rings. The first-order valence-corrected chi connectivity index (χ1v) is 9.48. The second kappa shape index (κ2) is 8.48. The van der Waals surface area contributed by atoms with Crippen LogP contribution in [-0.4, -0.2) is 59.2 Å². The number of nitrogens with zero attached hydrogens (tertiary/aromatic N) is 4. The molecule has 1 atom stereocenters. The summed E-state index contributed by atoms with van der Waals surface area (Å²) in [5, 5.41) is 10.6. The summed E-state index contributed by atoms with van der Waals surface area (Å²) in [5.41, 5.74) is 2.41. The van der Waals surface area contributed by atoms with Gasteiger partial charge in [-0.1, -0.05) is 30.3 Å². The van der Waals surface area contributed by atoms with Crippen LogP contribution in [0.2, 0.25) is 0 Å². The topological polar surface area (TPSA) is 69.6 Å². The maximum Gasteiger partial charge on any atom is 0.257 e. The van der Waals surface area contributed by atoms with E-state index in [2.05, 4.69) is 9.97 Å². The Morgan fingerprint density at radius 3 is 2.52 bits per heavy atom. The lowest BCUT2D eigenvalue weighted by molar-refractivity contribution is 0.0466. The standard InChI is InChI=1S/C21H28N4O2/c1-15-18(14-22-21(23-15)24(2)3)20(27)25-11-9-17(10-12-25)19(26)13-16-7-5-4-6-8-16/h4-8,14,17,19,26H,9-13H2,1-3H3/t19-/m0/s1. The molecule has 1 aliphatic rings. The van der Waals surface area contributed by atoms with Crippen LogP contribution in [0.25, 0.3) is 0 Å². The van der Waals surface area contributed by atoms with Gasteiger partial charge in [-0.2, -0.15) is 0 Å². The van der Waals surface area contributed by atoms with Gasteiger partial charge in [0.2, 0.25) is 5.95 Å². The molecule has 6 heteroatoms. The average Bonchev–Trinajstić information content (AvgIpc) is 2.68. The molecular weight excluding hydrogens is 340 g/mol. The molecule has 1 fully saturated rings. The van der Waals surface area contributed by atoms with E-state index in [-0.39, 0.29) is 17.9 Å². The van der Waals surface area contributed by atoms with Crippen molar-refractivity contribution < 1.29 is 9.90 Å². The minimum absolute atomic E-state index is 0.0196. The first-order chi connectivity index (χ1) is 13.0. The van der Waals surface area contributed by atoms with Gasteiger partial charge < -0.3 is 14.9 Å². The van der Waals surface area contributed by atoms with Crippen LogP contribution >= 0.6 is 0 Å². The maximum atomic E-state index is 12.8. The number of amides is 1. The highest BCUT2D eigenvalue weighted by molar-refractivity contribution is 5.95. The molecule has 0 unspecified atom stereocenters. The van der Waals surface area contributed by atoms with Crippen molar-refractivity contribution in [1.29, 1.82) is 0 Å². The number of carbonyl (C=O) groups is 1. The number of carbonyl (C=O) groups excluding carboxylic acids is 1. The fraction of sp³-hybridized carbons (Fsp3) is 0.476. The maximum absolute atomic E-state index is 12.8. The van der Waals surface area contributed by atoms with E-state index in [1.54, 1.807) is 6.20 Å². The average molecular weight is 368 g/mol. The third-order valence-corrected chi connectivity index (χ3v) is 5.26. The van der Waals surface area contributed by atoms with Crippen molar-refractivity contribution in [1.82, 2.24) is 14.9 Å². The lowest BCUT2D eigenvalue weighted by Crippen LogP contribution is -2.42. The quantitative estimate of drug-likeness (QED) is 0.877. The van der Waals surface area contributed by atoms with E-state index in [0.717, 1.165) is 18.4 Å². The molecule has 0 saturated carbocycles. The SMILES string of the molecule is Cc1nc(N(C)C)ncc1C(=O)N1CCC([C@@H](O)Cc2ccccc2)CC1. The molecule has 1 amide bonds. The second-order valence-electron chi connectivity index (χ2n) is 7.45. The Morgan fingerprint density at radius 1 is 1.26 bits per heavy atom. The summed E-state index contributed by atoms with van der Waals surface area (Å²) in [6, 6.07) is 10.1. The Hall–Kier alpha value is -2.47. The number of hydrogen-bond acceptors (Lipinski definition) is 5. The molecule has 1 aromatic carbocycles. The predicted octanol–water partition coefficient (Wildman–Crippen LogP) is 2.31. The molecule has 2 heterocycles. The van der Waals surface area contributed by atoms with E-state index < -0.39 is 0 Å². The van der Waals surface area contributed by atoms with Gasteiger partial charge in [-0.25, -0.2) is 9.97 Å². The zero-order valence-corrected chi connectivity index (χ0v) is 16.3. The van der Waals surface area contributed by atoms with Crippen LogP contribution in [0.5, 0.6) is 0 Å². The molecule has 1 saturated heterocycles. The Morgan fingerprint density at radius 2 is 1.93 bits per heavy atom. The Balaban J connectivity index is 1.58. The summed E-state index contributed by atoms with van der Waals surface area (Å²) in [6.07, 6.45) is 3.55. The lowest BCUT2D eigenvalue weighted by atomic mass is 9.87. The van der Waals surface area contributed by atoms with Crippen molar-refractivity contribution in [3.63, 3.8) is 0 Å². The van der Waals surface area contributed by atoms with Crippen LogP contribution in [0, 0.1) is 12.8 Å². The summed E-state index contributed by atoms with van der Waals surface area (Å²) in [5.74, 6) is 0.809. The van der Waals surface area contributed by atoms with E-state index in [1.165, 1.54) is 0 Å². The number of hydrogen-bond donors (Lipinski definition) is 1. The van der Waals surface area contributed by atoms with Crippen molar-refractivity contribution >= 4 is 11.9 Å². The van der Waals surface area contributed by atoms with Gasteiger partial charge in [0, 0.05) is 33.4 Å². The highest BCUT2D eigenvalue weighted by Crippen LogP contribution is 2.24. The summed E-state index contributed by atoms with van der Waals surface area (Å²) >= 11 is 0. The molecular formula is C21H28N4O2. The second-order valence-corrected chi connectivity index (χ2v) is 7.45.